The van der Waals surface area contributed by atoms with Crippen LogP contribution in [0.4, 0.5) is 0 Å². The Labute approximate surface area is 150 Å². The second kappa shape index (κ2) is 7.23. The number of furan rings is 2. The highest BCUT2D eigenvalue weighted by atomic mass is 16.7. The van der Waals surface area contributed by atoms with Crippen LogP contribution in [0.5, 0.6) is 11.5 Å². The molecular formula is C20H17NO5. The Balaban J connectivity index is 1.39. The fraction of sp³-hybridized carbons (Fsp3) is 0.150. The van der Waals surface area contributed by atoms with Crippen molar-refractivity contribution in [3.05, 3.63) is 78.2 Å². The Morgan fingerprint density at radius 1 is 1.04 bits per heavy atom. The Morgan fingerprint density at radius 2 is 1.77 bits per heavy atom. The molecule has 0 unspecified atom stereocenters. The third-order valence-electron chi connectivity index (χ3n) is 4.08. The van der Waals surface area contributed by atoms with Gasteiger partial charge in [0.2, 0.25) is 12.7 Å². The normalized spacial score (nSPS) is 12.8. The topological polar surface area (TPSA) is 73.8 Å². The number of amides is 1. The van der Waals surface area contributed by atoms with Crippen LogP contribution in [-0.4, -0.2) is 19.2 Å². The number of fused-ring (bicyclic) bond motifs is 1. The maximum Gasteiger partial charge on any atom is 0.244 e. The lowest BCUT2D eigenvalue weighted by Crippen LogP contribution is -2.27. The first-order valence-electron chi connectivity index (χ1n) is 8.22. The van der Waals surface area contributed by atoms with E-state index in [2.05, 4.69) is 5.32 Å². The molecule has 0 fully saturated rings. The van der Waals surface area contributed by atoms with Crippen LogP contribution in [0.25, 0.3) is 6.08 Å². The van der Waals surface area contributed by atoms with E-state index in [9.17, 15) is 4.79 Å². The molecule has 1 N–H and O–H groups in total. The molecule has 0 saturated heterocycles. The zero-order chi connectivity index (χ0) is 17.8. The molecule has 0 radical (unpaired) electrons. The molecule has 132 valence electrons. The van der Waals surface area contributed by atoms with Crippen LogP contribution in [0.1, 0.15) is 23.0 Å². The van der Waals surface area contributed by atoms with E-state index < -0.39 is 0 Å². The van der Waals surface area contributed by atoms with Crippen molar-refractivity contribution in [3.63, 3.8) is 0 Å². The Hall–Kier alpha value is -3.41. The summed E-state index contributed by atoms with van der Waals surface area (Å²) in [6.45, 7) is 0.593. The molecule has 0 aliphatic carbocycles. The molecule has 1 aromatic carbocycles. The first-order valence-corrected chi connectivity index (χ1v) is 8.22. The summed E-state index contributed by atoms with van der Waals surface area (Å²) < 4.78 is 21.5. The number of benzene rings is 1. The van der Waals surface area contributed by atoms with Gasteiger partial charge in [0, 0.05) is 12.6 Å². The summed E-state index contributed by atoms with van der Waals surface area (Å²) in [4.78, 5) is 12.2. The minimum absolute atomic E-state index is 0.178. The predicted octanol–water partition coefficient (Wildman–Crippen LogP) is 3.56. The fourth-order valence-electron chi connectivity index (χ4n) is 2.77. The summed E-state index contributed by atoms with van der Waals surface area (Å²) in [7, 11) is 0. The van der Waals surface area contributed by atoms with Crippen molar-refractivity contribution in [2.45, 2.75) is 5.92 Å². The van der Waals surface area contributed by atoms with Crippen LogP contribution in [-0.2, 0) is 4.79 Å². The molecular weight excluding hydrogens is 334 g/mol. The highest BCUT2D eigenvalue weighted by Gasteiger charge is 2.20. The summed E-state index contributed by atoms with van der Waals surface area (Å²) in [5.41, 5.74) is 0.859. The van der Waals surface area contributed by atoms with Crippen LogP contribution in [0.15, 0.2) is 69.9 Å². The van der Waals surface area contributed by atoms with Gasteiger partial charge < -0.3 is 23.6 Å². The van der Waals surface area contributed by atoms with Crippen molar-refractivity contribution < 1.29 is 23.1 Å². The monoisotopic (exact) mass is 351 g/mol. The third kappa shape index (κ3) is 3.49. The molecule has 1 aliphatic heterocycles. The maximum absolute atomic E-state index is 12.2. The molecule has 3 heterocycles. The van der Waals surface area contributed by atoms with Crippen LogP contribution in [0, 0.1) is 0 Å². The zero-order valence-corrected chi connectivity index (χ0v) is 13.9. The smallest absolute Gasteiger partial charge is 0.244 e. The van der Waals surface area contributed by atoms with Gasteiger partial charge in [0.05, 0.1) is 18.4 Å². The van der Waals surface area contributed by atoms with E-state index in [-0.39, 0.29) is 18.6 Å². The summed E-state index contributed by atoms with van der Waals surface area (Å²) in [6.07, 6.45) is 6.42. The number of hydrogen-bond donors (Lipinski definition) is 1. The van der Waals surface area contributed by atoms with Gasteiger partial charge in [0.15, 0.2) is 11.5 Å². The van der Waals surface area contributed by atoms with Crippen molar-refractivity contribution in [2.24, 2.45) is 0 Å². The summed E-state index contributed by atoms with van der Waals surface area (Å²) in [5.74, 6) is 2.49. The van der Waals surface area contributed by atoms with Gasteiger partial charge in [-0.25, -0.2) is 0 Å². The average Bonchev–Trinajstić information content (AvgIpc) is 3.41. The van der Waals surface area contributed by atoms with Crippen LogP contribution in [0.2, 0.25) is 0 Å². The standard InChI is InChI=1S/C20H17NO5/c22-20(8-6-14-5-7-18-19(11-14)26-13-25-18)21-12-15(16-3-1-9-23-16)17-4-2-10-24-17/h1-11,15H,12-13H2,(H,21,22). The lowest BCUT2D eigenvalue weighted by atomic mass is 10.0. The van der Waals surface area contributed by atoms with Gasteiger partial charge in [0.25, 0.3) is 0 Å². The van der Waals surface area contributed by atoms with E-state index in [4.69, 9.17) is 18.3 Å². The Bertz CT molecular complexity index is 862. The molecule has 3 aromatic rings. The first kappa shape index (κ1) is 16.1. The van der Waals surface area contributed by atoms with E-state index in [1.54, 1.807) is 18.6 Å². The molecule has 1 aliphatic rings. The van der Waals surface area contributed by atoms with E-state index in [1.165, 1.54) is 6.08 Å². The minimum Gasteiger partial charge on any atom is -0.469 e. The SMILES string of the molecule is O=C(C=Cc1ccc2c(c1)OCO2)NCC(c1ccco1)c1ccco1. The van der Waals surface area contributed by atoms with Gasteiger partial charge in [-0.05, 0) is 48.0 Å². The Morgan fingerprint density at radius 3 is 2.46 bits per heavy atom. The predicted molar refractivity (Wildman–Crippen MR) is 93.9 cm³/mol. The van der Waals surface area contributed by atoms with Crippen molar-refractivity contribution in [1.82, 2.24) is 5.32 Å². The quantitative estimate of drug-likeness (QED) is 0.687. The molecule has 1 amide bonds. The van der Waals surface area contributed by atoms with Crippen LogP contribution >= 0.6 is 0 Å². The van der Waals surface area contributed by atoms with Gasteiger partial charge in [-0.3, -0.25) is 4.79 Å². The molecule has 0 bridgehead atoms. The highest BCUT2D eigenvalue weighted by Crippen LogP contribution is 2.32. The van der Waals surface area contributed by atoms with Gasteiger partial charge in [-0.2, -0.15) is 0 Å². The number of ether oxygens (including phenoxy) is 2. The Kier molecular flexibility index (Phi) is 4.47. The molecule has 0 spiro atoms. The lowest BCUT2D eigenvalue weighted by molar-refractivity contribution is -0.116. The zero-order valence-electron chi connectivity index (χ0n) is 13.9. The molecule has 0 atom stereocenters. The third-order valence-corrected chi connectivity index (χ3v) is 4.08. The van der Waals surface area contributed by atoms with E-state index >= 15 is 0 Å². The average molecular weight is 351 g/mol. The van der Waals surface area contributed by atoms with Crippen molar-refractivity contribution in [2.75, 3.05) is 13.3 Å². The van der Waals surface area contributed by atoms with Gasteiger partial charge in [-0.1, -0.05) is 6.07 Å². The van der Waals surface area contributed by atoms with E-state index in [0.29, 0.717) is 18.0 Å². The largest absolute Gasteiger partial charge is 0.469 e. The molecule has 26 heavy (non-hydrogen) atoms. The molecule has 6 nitrogen and oxygen atoms in total. The fourth-order valence-corrected chi connectivity index (χ4v) is 2.77. The minimum atomic E-state index is -0.203. The number of nitrogens with one attached hydrogen (secondary N) is 1. The molecule has 0 saturated carbocycles. The van der Waals surface area contributed by atoms with Gasteiger partial charge in [0.1, 0.15) is 11.5 Å². The van der Waals surface area contributed by atoms with Crippen LogP contribution < -0.4 is 14.8 Å². The highest BCUT2D eigenvalue weighted by molar-refractivity contribution is 5.91. The van der Waals surface area contributed by atoms with Crippen molar-refractivity contribution >= 4 is 12.0 Å². The van der Waals surface area contributed by atoms with E-state index in [0.717, 1.165) is 17.1 Å². The van der Waals surface area contributed by atoms with Gasteiger partial charge in [-0.15, -0.1) is 0 Å². The van der Waals surface area contributed by atoms with Crippen molar-refractivity contribution in [1.29, 1.82) is 0 Å². The van der Waals surface area contributed by atoms with Gasteiger partial charge >= 0.3 is 0 Å². The summed E-state index contributed by atoms with van der Waals surface area (Å²) in [6, 6.07) is 12.9. The number of hydrogen-bond acceptors (Lipinski definition) is 5. The molecule has 2 aromatic heterocycles. The second-order valence-corrected chi connectivity index (χ2v) is 5.77. The van der Waals surface area contributed by atoms with Crippen molar-refractivity contribution in [3.8, 4) is 11.5 Å². The number of carbonyl (C=O) groups excluding carboxylic acids is 1. The molecule has 4 rings (SSSR count). The maximum atomic E-state index is 12.2. The first-order chi connectivity index (χ1) is 12.8. The second-order valence-electron chi connectivity index (χ2n) is 5.77. The van der Waals surface area contributed by atoms with E-state index in [1.807, 2.05) is 42.5 Å². The lowest BCUT2D eigenvalue weighted by Gasteiger charge is -2.12. The summed E-state index contributed by atoms with van der Waals surface area (Å²) in [5, 5.41) is 2.88. The molecule has 6 heteroatoms. The summed E-state index contributed by atoms with van der Waals surface area (Å²) >= 11 is 0. The number of rotatable bonds is 6. The van der Waals surface area contributed by atoms with Crippen LogP contribution in [0.3, 0.4) is 0 Å². The number of carbonyl (C=O) groups is 1.